The van der Waals surface area contributed by atoms with Crippen LogP contribution >= 0.6 is 11.6 Å². The fourth-order valence-corrected chi connectivity index (χ4v) is 7.81. The van der Waals surface area contributed by atoms with Gasteiger partial charge in [0, 0.05) is 38.8 Å². The highest BCUT2D eigenvalue weighted by Crippen LogP contribution is 2.38. The SMILES string of the molecule is CNS(=O)(=O)c1cccc(OC[C@@H](O)CNC2COC3(CCN(S(=O)(=O)c4c(C)nn(C)c4Cl)CC3)C2)c1. The summed E-state index contributed by atoms with van der Waals surface area (Å²) >= 11 is 6.21. The molecule has 0 aliphatic carbocycles. The topological polar surface area (TPSA) is 152 Å². The van der Waals surface area contributed by atoms with Gasteiger partial charge in [-0.05, 0) is 45.4 Å². The number of nitrogens with zero attached hydrogens (tertiary/aromatic N) is 3. The van der Waals surface area contributed by atoms with Gasteiger partial charge < -0.3 is 19.9 Å². The highest BCUT2D eigenvalue weighted by atomic mass is 35.5. The molecule has 1 unspecified atom stereocenters. The fourth-order valence-electron chi connectivity index (χ4n) is 4.89. The predicted octanol–water partition coefficient (Wildman–Crippen LogP) is 0.632. The summed E-state index contributed by atoms with van der Waals surface area (Å²) in [4.78, 5) is 0.132. The monoisotopic (exact) mass is 591 g/mol. The van der Waals surface area contributed by atoms with Gasteiger partial charge in [0.2, 0.25) is 20.0 Å². The molecule has 2 saturated heterocycles. The maximum Gasteiger partial charge on any atom is 0.248 e. The molecule has 3 N–H and O–H groups in total. The first-order valence-electron chi connectivity index (χ1n) is 12.3. The summed E-state index contributed by atoms with van der Waals surface area (Å²) in [7, 11) is -4.41. The molecule has 2 aliphatic heterocycles. The largest absolute Gasteiger partial charge is 0.491 e. The number of ether oxygens (including phenoxy) is 2. The van der Waals surface area contributed by atoms with E-state index in [4.69, 9.17) is 21.1 Å². The normalized spacial score (nSPS) is 21.1. The number of benzene rings is 1. The molecule has 15 heteroatoms. The molecule has 3 heterocycles. The van der Waals surface area contributed by atoms with Gasteiger partial charge in [-0.2, -0.15) is 9.40 Å². The zero-order chi connectivity index (χ0) is 27.7. The average molecular weight is 592 g/mol. The van der Waals surface area contributed by atoms with Crippen LogP contribution < -0.4 is 14.8 Å². The Morgan fingerprint density at radius 2 is 2.00 bits per heavy atom. The van der Waals surface area contributed by atoms with Crippen molar-refractivity contribution in [2.75, 3.05) is 39.9 Å². The molecule has 2 aliphatic rings. The Hall–Kier alpha value is -1.78. The average Bonchev–Trinajstić information content (AvgIpc) is 3.40. The first kappa shape index (κ1) is 29.2. The fraction of sp³-hybridized carbons (Fsp3) is 0.609. The lowest BCUT2D eigenvalue weighted by Crippen LogP contribution is -2.47. The number of aryl methyl sites for hydroxylation is 2. The minimum Gasteiger partial charge on any atom is -0.491 e. The number of hydrogen-bond donors (Lipinski definition) is 3. The van der Waals surface area contributed by atoms with Crippen molar-refractivity contribution < 1.29 is 31.4 Å². The van der Waals surface area contributed by atoms with Crippen molar-refractivity contribution in [3.05, 3.63) is 35.1 Å². The van der Waals surface area contributed by atoms with Crippen LogP contribution in [-0.2, 0) is 31.8 Å². The zero-order valence-corrected chi connectivity index (χ0v) is 23.9. The smallest absolute Gasteiger partial charge is 0.248 e. The maximum atomic E-state index is 13.2. The number of aliphatic hydroxyl groups excluding tert-OH is 1. The standard InChI is InChI=1S/C23H34ClN5O7S2/c1-16-21(22(24)28(3)27-16)38(33,34)29-9-7-23(8-10-29)12-17(14-36-23)26-13-18(30)15-35-19-5-4-6-20(11-19)37(31,32)25-2/h4-6,11,17-18,25-26,30H,7-10,12-15H2,1-3H3/t17?,18-/m0/s1. The van der Waals surface area contributed by atoms with Crippen LogP contribution in [0.1, 0.15) is 25.0 Å². The van der Waals surface area contributed by atoms with Crippen molar-refractivity contribution >= 4 is 31.6 Å². The van der Waals surface area contributed by atoms with Gasteiger partial charge in [0.15, 0.2) is 0 Å². The molecule has 4 rings (SSSR count). The van der Waals surface area contributed by atoms with Gasteiger partial charge in [0.05, 0.1) is 22.8 Å². The van der Waals surface area contributed by atoms with E-state index in [9.17, 15) is 21.9 Å². The number of aromatic nitrogens is 2. The van der Waals surface area contributed by atoms with E-state index >= 15 is 0 Å². The van der Waals surface area contributed by atoms with E-state index < -0.39 is 31.8 Å². The van der Waals surface area contributed by atoms with Crippen LogP contribution in [0.3, 0.4) is 0 Å². The van der Waals surface area contributed by atoms with Gasteiger partial charge in [0.1, 0.15) is 28.5 Å². The van der Waals surface area contributed by atoms with Crippen LogP contribution in [0.2, 0.25) is 5.15 Å². The van der Waals surface area contributed by atoms with Crippen molar-refractivity contribution in [3.63, 3.8) is 0 Å². The van der Waals surface area contributed by atoms with Crippen LogP contribution in [0.15, 0.2) is 34.1 Å². The number of aliphatic hydroxyl groups is 1. The van der Waals surface area contributed by atoms with Crippen molar-refractivity contribution in [1.29, 1.82) is 0 Å². The van der Waals surface area contributed by atoms with Gasteiger partial charge in [-0.1, -0.05) is 17.7 Å². The molecule has 2 aromatic rings. The number of sulfonamides is 2. The van der Waals surface area contributed by atoms with Crippen molar-refractivity contribution in [2.24, 2.45) is 7.05 Å². The van der Waals surface area contributed by atoms with E-state index in [-0.39, 0.29) is 34.1 Å². The minimum absolute atomic E-state index is 0.00641. The molecule has 0 amide bonds. The van der Waals surface area contributed by atoms with Crippen LogP contribution in [0.4, 0.5) is 0 Å². The summed E-state index contributed by atoms with van der Waals surface area (Å²) < 4.78 is 67.1. The molecule has 0 bridgehead atoms. The van der Waals surface area contributed by atoms with E-state index in [1.807, 2.05) is 0 Å². The molecule has 2 atom stereocenters. The second-order valence-electron chi connectivity index (χ2n) is 9.68. The Labute approximate surface area is 228 Å². The summed E-state index contributed by atoms with van der Waals surface area (Å²) in [5, 5.41) is 17.9. The molecule has 38 heavy (non-hydrogen) atoms. The lowest BCUT2D eigenvalue weighted by Gasteiger charge is -2.38. The maximum absolute atomic E-state index is 13.2. The highest BCUT2D eigenvalue weighted by molar-refractivity contribution is 7.89. The Morgan fingerprint density at radius 3 is 2.63 bits per heavy atom. The molecule has 212 valence electrons. The van der Waals surface area contributed by atoms with E-state index in [1.165, 1.54) is 28.2 Å². The molecule has 0 radical (unpaired) electrons. The highest BCUT2D eigenvalue weighted by Gasteiger charge is 2.45. The van der Waals surface area contributed by atoms with Crippen molar-refractivity contribution in [3.8, 4) is 5.75 Å². The lowest BCUT2D eigenvalue weighted by atomic mass is 9.88. The summed E-state index contributed by atoms with van der Waals surface area (Å²) in [6.07, 6.45) is 0.985. The molecule has 1 spiro atoms. The Balaban J connectivity index is 1.24. The Bertz CT molecular complexity index is 1360. The number of rotatable bonds is 10. The first-order valence-corrected chi connectivity index (χ1v) is 15.6. The van der Waals surface area contributed by atoms with Crippen molar-refractivity contribution in [2.45, 2.75) is 53.7 Å². The van der Waals surface area contributed by atoms with Crippen LogP contribution in [0.5, 0.6) is 5.75 Å². The van der Waals surface area contributed by atoms with Gasteiger partial charge >= 0.3 is 0 Å². The third kappa shape index (κ3) is 6.17. The predicted molar refractivity (Wildman–Crippen MR) is 140 cm³/mol. The van der Waals surface area contributed by atoms with E-state index in [2.05, 4.69) is 15.1 Å². The molecular weight excluding hydrogens is 558 g/mol. The summed E-state index contributed by atoms with van der Waals surface area (Å²) in [6, 6.07) is 6.06. The zero-order valence-electron chi connectivity index (χ0n) is 21.6. The van der Waals surface area contributed by atoms with Crippen molar-refractivity contribution in [1.82, 2.24) is 24.1 Å². The summed E-state index contributed by atoms with van der Waals surface area (Å²) in [5.41, 5.74) is -0.0459. The molecule has 2 fully saturated rings. The number of nitrogens with one attached hydrogen (secondary N) is 2. The van der Waals surface area contributed by atoms with Crippen LogP contribution in [0.25, 0.3) is 0 Å². The summed E-state index contributed by atoms with van der Waals surface area (Å²) in [5.74, 6) is 0.341. The van der Waals surface area contributed by atoms with Gasteiger partial charge in [-0.3, -0.25) is 4.68 Å². The lowest BCUT2D eigenvalue weighted by molar-refractivity contribution is -0.0312. The summed E-state index contributed by atoms with van der Waals surface area (Å²) in [6.45, 7) is 2.97. The molecule has 1 aromatic heterocycles. The molecule has 12 nitrogen and oxygen atoms in total. The second kappa shape index (κ2) is 11.4. The number of halogens is 1. The van der Waals surface area contributed by atoms with E-state index in [0.717, 1.165) is 0 Å². The first-order chi connectivity index (χ1) is 17.9. The minimum atomic E-state index is -3.76. The Morgan fingerprint density at radius 1 is 1.29 bits per heavy atom. The number of piperidine rings is 1. The number of hydrogen-bond acceptors (Lipinski definition) is 9. The molecule has 0 saturated carbocycles. The van der Waals surface area contributed by atoms with Gasteiger partial charge in [-0.25, -0.2) is 21.6 Å². The van der Waals surface area contributed by atoms with Crippen LogP contribution in [-0.4, -0.2) is 93.7 Å². The van der Waals surface area contributed by atoms with Gasteiger partial charge in [-0.15, -0.1) is 0 Å². The third-order valence-electron chi connectivity index (χ3n) is 7.01. The second-order valence-corrected chi connectivity index (χ2v) is 13.8. The molecule has 1 aromatic carbocycles. The van der Waals surface area contributed by atoms with E-state index in [0.29, 0.717) is 50.4 Å². The quantitative estimate of drug-likeness (QED) is 0.361. The van der Waals surface area contributed by atoms with Gasteiger partial charge in [0.25, 0.3) is 0 Å². The third-order valence-corrected chi connectivity index (χ3v) is 11.0. The van der Waals surface area contributed by atoms with Crippen LogP contribution in [0, 0.1) is 6.92 Å². The Kier molecular flexibility index (Phi) is 8.74. The molecular formula is C23H34ClN5O7S2. The van der Waals surface area contributed by atoms with E-state index in [1.54, 1.807) is 26.1 Å².